The van der Waals surface area contributed by atoms with Crippen LogP contribution in [0.4, 0.5) is 0 Å². The van der Waals surface area contributed by atoms with Crippen LogP contribution in [0.15, 0.2) is 0 Å². The molecule has 1 aliphatic rings. The summed E-state index contributed by atoms with van der Waals surface area (Å²) < 4.78 is 10.3. The van der Waals surface area contributed by atoms with Gasteiger partial charge in [0, 0.05) is 0 Å². The van der Waals surface area contributed by atoms with Crippen LogP contribution in [0.1, 0.15) is 12.8 Å². The van der Waals surface area contributed by atoms with Crippen molar-refractivity contribution >= 4 is 19.2 Å². The van der Waals surface area contributed by atoms with Crippen LogP contribution < -0.4 is 0 Å². The van der Waals surface area contributed by atoms with Gasteiger partial charge in [0.1, 0.15) is 5.25 Å². The van der Waals surface area contributed by atoms with E-state index in [4.69, 9.17) is 0 Å². The molecule has 36 valence electrons. The molecule has 1 saturated carbocycles. The van der Waals surface area contributed by atoms with E-state index in [1.165, 1.54) is 12.8 Å². The normalized spacial score (nSPS) is 27.0. The second kappa shape index (κ2) is 1.69. The zero-order valence-corrected chi connectivity index (χ0v) is 5.36. The molecule has 1 rings (SSSR count). The summed E-state index contributed by atoms with van der Waals surface area (Å²) in [6.07, 6.45) is 2.35. The molecule has 0 aromatic rings. The van der Waals surface area contributed by atoms with Gasteiger partial charge in [0.25, 0.3) is 0 Å². The molecular weight excluding hydrogens is 115 g/mol. The Labute approximate surface area is 42.6 Å². The van der Waals surface area contributed by atoms with Crippen LogP contribution in [-0.4, -0.2) is 9.80 Å². The Morgan fingerprint density at radius 3 is 2.17 bits per heavy atom. The fourth-order valence-corrected chi connectivity index (χ4v) is 1.72. The van der Waals surface area contributed by atoms with Crippen molar-refractivity contribution in [3.8, 4) is 0 Å². The van der Waals surface area contributed by atoms with E-state index in [1.807, 2.05) is 0 Å². The second-order valence-corrected chi connectivity index (χ2v) is 4.25. The van der Waals surface area contributed by atoms with Crippen molar-refractivity contribution in [2.45, 2.75) is 18.1 Å². The predicted molar refractivity (Wildman–Crippen MR) is 30.9 cm³/mol. The third-order valence-electron chi connectivity index (χ3n) is 0.853. The Bertz CT molecular complexity index is 52.8. The predicted octanol–water partition coefficient (Wildman–Crippen LogP) is 0.688. The lowest BCUT2D eigenvalue weighted by Gasteiger charge is -1.97. The molecule has 0 bridgehead atoms. The average Bonchev–Trinajstić information content (AvgIpc) is 2.06. The second-order valence-electron chi connectivity index (χ2n) is 1.53. The first-order chi connectivity index (χ1) is 2.80. The standard InChI is InChI=1S/C3H7OPS/c4-6(5)3-1-2-3/h3H,1-2,5H2. The summed E-state index contributed by atoms with van der Waals surface area (Å²) in [5.41, 5.74) is 0. The topological polar surface area (TPSA) is 23.1 Å². The highest BCUT2D eigenvalue weighted by molar-refractivity contribution is 8.38. The molecule has 2 atom stereocenters. The van der Waals surface area contributed by atoms with Gasteiger partial charge in [-0.3, -0.25) is 0 Å². The molecule has 0 amide bonds. The SMILES string of the molecule is [O-][S+](P)C1CC1. The van der Waals surface area contributed by atoms with Crippen LogP contribution in [0, 0.1) is 0 Å². The van der Waals surface area contributed by atoms with E-state index in [1.54, 1.807) is 0 Å². The Hall–Kier alpha value is 0.740. The van der Waals surface area contributed by atoms with Crippen LogP contribution in [-0.2, 0) is 10.8 Å². The Balaban J connectivity index is 2.13. The van der Waals surface area contributed by atoms with E-state index in [2.05, 4.69) is 8.44 Å². The molecule has 2 unspecified atom stereocenters. The Morgan fingerprint density at radius 1 is 1.67 bits per heavy atom. The van der Waals surface area contributed by atoms with Crippen LogP contribution in [0.25, 0.3) is 0 Å². The molecule has 0 aromatic heterocycles. The van der Waals surface area contributed by atoms with Crippen LogP contribution in [0.5, 0.6) is 0 Å². The summed E-state index contributed by atoms with van der Waals surface area (Å²) in [4.78, 5) is 0. The zero-order chi connectivity index (χ0) is 4.57. The van der Waals surface area contributed by atoms with Gasteiger partial charge in [-0.05, 0) is 23.6 Å². The highest BCUT2D eigenvalue weighted by Gasteiger charge is 2.30. The summed E-state index contributed by atoms with van der Waals surface area (Å²) in [7, 11) is 1.72. The minimum absolute atomic E-state index is 0.537. The molecule has 0 N–H and O–H groups in total. The van der Waals surface area contributed by atoms with Gasteiger partial charge in [-0.25, -0.2) is 0 Å². The highest BCUT2D eigenvalue weighted by Crippen LogP contribution is 2.31. The monoisotopic (exact) mass is 122 g/mol. The summed E-state index contributed by atoms with van der Waals surface area (Å²) in [6, 6.07) is 0. The van der Waals surface area contributed by atoms with Gasteiger partial charge in [-0.15, -0.1) is 0 Å². The summed E-state index contributed by atoms with van der Waals surface area (Å²) in [5, 5.41) is 0.537. The molecule has 0 aliphatic heterocycles. The number of rotatable bonds is 1. The van der Waals surface area contributed by atoms with Gasteiger partial charge in [-0.2, -0.15) is 0 Å². The van der Waals surface area contributed by atoms with Gasteiger partial charge in [-0.1, -0.05) is 0 Å². The molecule has 0 spiro atoms. The molecule has 0 aromatic carbocycles. The average molecular weight is 122 g/mol. The van der Waals surface area contributed by atoms with Crippen LogP contribution in [0.2, 0.25) is 0 Å². The summed E-state index contributed by atoms with van der Waals surface area (Å²) in [5.74, 6) is 0. The van der Waals surface area contributed by atoms with E-state index in [0.717, 1.165) is 0 Å². The lowest BCUT2D eigenvalue weighted by atomic mass is 11.0. The summed E-state index contributed by atoms with van der Waals surface area (Å²) in [6.45, 7) is 0. The maximum absolute atomic E-state index is 10.3. The van der Waals surface area contributed by atoms with E-state index < -0.39 is 10.8 Å². The third-order valence-corrected chi connectivity index (χ3v) is 3.14. The van der Waals surface area contributed by atoms with Gasteiger partial charge in [0.15, 0.2) is 0 Å². The van der Waals surface area contributed by atoms with Crippen molar-refractivity contribution in [3.05, 3.63) is 0 Å². The highest BCUT2D eigenvalue weighted by atomic mass is 32.7. The van der Waals surface area contributed by atoms with Crippen molar-refractivity contribution in [3.63, 3.8) is 0 Å². The van der Waals surface area contributed by atoms with Gasteiger partial charge >= 0.3 is 0 Å². The molecular formula is C3H7OPS. The lowest BCUT2D eigenvalue weighted by Crippen LogP contribution is -1.92. The molecule has 1 aliphatic carbocycles. The van der Waals surface area contributed by atoms with Crippen molar-refractivity contribution in [1.82, 2.24) is 0 Å². The van der Waals surface area contributed by atoms with Gasteiger partial charge in [0.2, 0.25) is 0 Å². The Kier molecular flexibility index (Phi) is 1.38. The molecule has 0 saturated heterocycles. The maximum atomic E-state index is 10.3. The molecule has 3 heteroatoms. The lowest BCUT2D eigenvalue weighted by molar-refractivity contribution is 0.608. The molecule has 6 heavy (non-hydrogen) atoms. The largest absolute Gasteiger partial charge is 0.615 e. The van der Waals surface area contributed by atoms with E-state index in [-0.39, 0.29) is 0 Å². The smallest absolute Gasteiger partial charge is 0.117 e. The van der Waals surface area contributed by atoms with Gasteiger partial charge in [0.05, 0.1) is 8.44 Å². The fraction of sp³-hybridized carbons (Fsp3) is 1.00. The first-order valence-electron chi connectivity index (χ1n) is 1.95. The van der Waals surface area contributed by atoms with E-state index in [9.17, 15) is 4.55 Å². The number of hydrogen-bond acceptors (Lipinski definition) is 1. The maximum Gasteiger partial charge on any atom is 0.117 e. The van der Waals surface area contributed by atoms with Crippen LogP contribution in [0.3, 0.4) is 0 Å². The Morgan fingerprint density at radius 2 is 2.17 bits per heavy atom. The quantitative estimate of drug-likeness (QED) is 0.370. The fourth-order valence-electron chi connectivity index (χ4n) is 0.300. The van der Waals surface area contributed by atoms with Crippen molar-refractivity contribution in [2.75, 3.05) is 0 Å². The van der Waals surface area contributed by atoms with Crippen molar-refractivity contribution in [2.24, 2.45) is 0 Å². The van der Waals surface area contributed by atoms with Crippen molar-refractivity contribution in [1.29, 1.82) is 0 Å². The minimum Gasteiger partial charge on any atom is -0.615 e. The first kappa shape index (κ1) is 4.89. The molecule has 1 fully saturated rings. The van der Waals surface area contributed by atoms with Crippen LogP contribution >= 0.6 is 8.44 Å². The summed E-state index contributed by atoms with van der Waals surface area (Å²) >= 11 is 0. The molecule has 0 radical (unpaired) electrons. The minimum atomic E-state index is -0.590. The van der Waals surface area contributed by atoms with E-state index >= 15 is 0 Å². The zero-order valence-electron chi connectivity index (χ0n) is 3.39. The molecule has 1 nitrogen and oxygen atoms in total. The van der Waals surface area contributed by atoms with Crippen molar-refractivity contribution < 1.29 is 4.55 Å². The third kappa shape index (κ3) is 1.11. The van der Waals surface area contributed by atoms with Gasteiger partial charge < -0.3 is 4.55 Å². The first-order valence-corrected chi connectivity index (χ1v) is 4.64. The molecule has 0 heterocycles. The number of hydrogen-bond donors (Lipinski definition) is 0. The van der Waals surface area contributed by atoms with E-state index in [0.29, 0.717) is 5.25 Å².